The van der Waals surface area contributed by atoms with Crippen LogP contribution in [0.5, 0.6) is 11.5 Å². The van der Waals surface area contributed by atoms with Crippen molar-refractivity contribution in [2.75, 3.05) is 0 Å². The van der Waals surface area contributed by atoms with Gasteiger partial charge in [0.15, 0.2) is 0 Å². The minimum atomic E-state index is -0.491. The first kappa shape index (κ1) is 31.7. The Hall–Kier alpha value is -0.288. The van der Waals surface area contributed by atoms with Gasteiger partial charge in [0.05, 0.1) is 5.41 Å². The first-order valence-electron chi connectivity index (χ1n) is 8.99. The summed E-state index contributed by atoms with van der Waals surface area (Å²) in [4.78, 5) is 0. The van der Waals surface area contributed by atoms with Gasteiger partial charge >= 0.3 is 0 Å². The number of fused-ring (bicyclic) bond motifs is 3. The molecule has 5 rings (SSSR count). The first-order valence-corrected chi connectivity index (χ1v) is 8.99. The Morgan fingerprint density at radius 2 is 0.750 bits per heavy atom. The van der Waals surface area contributed by atoms with Crippen molar-refractivity contribution in [2.45, 2.75) is 5.41 Å². The molecule has 4 aromatic rings. The van der Waals surface area contributed by atoms with Crippen molar-refractivity contribution in [2.24, 2.45) is 0 Å². The largest absolute Gasteiger partial charge is 0.508 e. The molecule has 0 saturated carbocycles. The summed E-state index contributed by atoms with van der Waals surface area (Å²) in [6.45, 7) is 0. The van der Waals surface area contributed by atoms with Crippen molar-refractivity contribution in [3.63, 3.8) is 0 Å². The molecule has 0 saturated heterocycles. The van der Waals surface area contributed by atoms with E-state index in [-0.39, 0.29) is 121 Å². The van der Waals surface area contributed by atoms with E-state index in [1.807, 2.05) is 24.3 Å². The van der Waals surface area contributed by atoms with E-state index in [1.54, 1.807) is 24.3 Å². The van der Waals surface area contributed by atoms with Gasteiger partial charge in [0.25, 0.3) is 0 Å². The Labute approximate surface area is 263 Å². The number of hydrogen-bond donors (Lipinski definition) is 2. The molecular formula is C25H22O4Y3. The van der Waals surface area contributed by atoms with Crippen LogP contribution in [0.3, 0.4) is 0 Å². The van der Waals surface area contributed by atoms with Crippen molar-refractivity contribution < 1.29 is 119 Å². The van der Waals surface area contributed by atoms with E-state index in [2.05, 4.69) is 48.5 Å². The molecule has 0 fully saturated rings. The third-order valence-corrected chi connectivity index (χ3v) is 5.55. The minimum Gasteiger partial charge on any atom is -0.508 e. The summed E-state index contributed by atoms with van der Waals surface area (Å²) < 4.78 is 0. The predicted octanol–water partition coefficient (Wildman–Crippen LogP) is 3.80. The summed E-state index contributed by atoms with van der Waals surface area (Å²) in [7, 11) is 0. The summed E-state index contributed by atoms with van der Waals surface area (Å²) >= 11 is 0. The maximum Gasteiger partial charge on any atom is 0.115 e. The molecule has 4 aromatic carbocycles. The van der Waals surface area contributed by atoms with Gasteiger partial charge in [-0.05, 0) is 57.6 Å². The fraction of sp³-hybridized carbons (Fsp3) is 0.0400. The van der Waals surface area contributed by atoms with Gasteiger partial charge in [-0.15, -0.1) is 0 Å². The van der Waals surface area contributed by atoms with Crippen molar-refractivity contribution in [1.82, 2.24) is 0 Å². The van der Waals surface area contributed by atoms with E-state index < -0.39 is 5.41 Å². The minimum absolute atomic E-state index is 0. The summed E-state index contributed by atoms with van der Waals surface area (Å²) in [5, 5.41) is 19.7. The molecule has 0 aliphatic heterocycles. The monoisotopic (exact) mass is 653 g/mol. The molecule has 0 atom stereocenters. The van der Waals surface area contributed by atoms with Crippen LogP contribution in [0.4, 0.5) is 0 Å². The molecular weight excluding hydrogens is 631 g/mol. The van der Waals surface area contributed by atoms with E-state index in [9.17, 15) is 10.2 Å². The number of benzene rings is 4. The Morgan fingerprint density at radius 1 is 0.438 bits per heavy atom. The zero-order chi connectivity index (χ0) is 18.4. The zero-order valence-electron chi connectivity index (χ0n) is 17.4. The van der Waals surface area contributed by atoms with E-state index in [0.717, 1.165) is 11.1 Å². The van der Waals surface area contributed by atoms with Gasteiger partial charge in [0.2, 0.25) is 0 Å². The summed E-state index contributed by atoms with van der Waals surface area (Å²) in [6.07, 6.45) is 0. The van der Waals surface area contributed by atoms with Gasteiger partial charge in [0.1, 0.15) is 11.5 Å². The molecule has 3 radical (unpaired) electrons. The van der Waals surface area contributed by atoms with E-state index in [4.69, 9.17) is 0 Å². The van der Waals surface area contributed by atoms with Crippen LogP contribution in [0, 0.1) is 0 Å². The fourth-order valence-electron chi connectivity index (χ4n) is 4.45. The zero-order valence-corrected chi connectivity index (χ0v) is 25.9. The average Bonchev–Trinajstić information content (AvgIpc) is 3.01. The fourth-order valence-corrected chi connectivity index (χ4v) is 4.45. The molecule has 1 aliphatic rings. The number of phenolic OH excluding ortho intramolecular Hbond substituents is 2. The molecule has 0 unspecified atom stereocenters. The van der Waals surface area contributed by atoms with E-state index in [1.165, 1.54) is 22.3 Å². The molecule has 155 valence electrons. The number of hydrogen-bond acceptors (Lipinski definition) is 2. The second-order valence-electron chi connectivity index (χ2n) is 6.93. The van der Waals surface area contributed by atoms with Gasteiger partial charge in [-0.1, -0.05) is 72.8 Å². The molecule has 0 aromatic heterocycles. The van der Waals surface area contributed by atoms with Crippen molar-refractivity contribution in [3.8, 4) is 22.6 Å². The molecule has 0 bridgehead atoms. The molecule has 4 nitrogen and oxygen atoms in total. The predicted molar refractivity (Wildman–Crippen MR) is 114 cm³/mol. The molecule has 0 amide bonds. The smallest absolute Gasteiger partial charge is 0.115 e. The maximum atomic E-state index is 9.85. The van der Waals surface area contributed by atoms with Crippen LogP contribution in [0.1, 0.15) is 22.3 Å². The van der Waals surface area contributed by atoms with Crippen molar-refractivity contribution >= 4 is 0 Å². The third-order valence-electron chi connectivity index (χ3n) is 5.55. The van der Waals surface area contributed by atoms with Gasteiger partial charge in [0, 0.05) is 98.1 Å². The van der Waals surface area contributed by atoms with Crippen LogP contribution in [-0.4, -0.2) is 21.2 Å². The van der Waals surface area contributed by atoms with Gasteiger partial charge in [-0.25, -0.2) is 0 Å². The molecule has 6 N–H and O–H groups in total. The maximum absolute atomic E-state index is 9.85. The second kappa shape index (κ2) is 13.0. The quantitative estimate of drug-likeness (QED) is 0.303. The Kier molecular flexibility index (Phi) is 12.9. The van der Waals surface area contributed by atoms with Gasteiger partial charge in [-0.2, -0.15) is 0 Å². The molecule has 7 heteroatoms. The number of rotatable bonds is 2. The van der Waals surface area contributed by atoms with Gasteiger partial charge in [-0.3, -0.25) is 0 Å². The standard InChI is InChI=1S/C25H18O2.2H2O.3Y/c26-19-13-9-17(10-14-19)25(18-11-15-20(27)16-12-18)23-7-3-1-5-21(23)22-6-2-4-8-24(22)25;;;;;/h1-16,26-27H;2*1H2;;;. The topological polar surface area (TPSA) is 103 Å². The molecule has 1 aliphatic carbocycles. The van der Waals surface area contributed by atoms with Crippen LogP contribution >= 0.6 is 0 Å². The Morgan fingerprint density at radius 3 is 1.09 bits per heavy atom. The van der Waals surface area contributed by atoms with Crippen molar-refractivity contribution in [1.29, 1.82) is 0 Å². The number of phenols is 2. The van der Waals surface area contributed by atoms with Crippen molar-refractivity contribution in [3.05, 3.63) is 119 Å². The summed E-state index contributed by atoms with van der Waals surface area (Å²) in [6, 6.07) is 31.9. The average molecular weight is 653 g/mol. The molecule has 32 heavy (non-hydrogen) atoms. The SMILES string of the molecule is O.O.Oc1ccc(C2(c3ccc(O)cc3)c3ccccc3-c3ccccc32)cc1.[Y].[Y].[Y]. The summed E-state index contributed by atoms with van der Waals surface area (Å²) in [5.41, 5.74) is 6.54. The van der Waals surface area contributed by atoms with Crippen LogP contribution < -0.4 is 0 Å². The Balaban J connectivity index is 0.00000192. The molecule has 0 heterocycles. The third kappa shape index (κ3) is 5.04. The number of aromatic hydroxyl groups is 2. The van der Waals surface area contributed by atoms with E-state index in [0.29, 0.717) is 0 Å². The van der Waals surface area contributed by atoms with Crippen LogP contribution in [0.15, 0.2) is 97.1 Å². The Bertz CT molecular complexity index is 1050. The second-order valence-corrected chi connectivity index (χ2v) is 6.93. The normalized spacial score (nSPS) is 11.6. The van der Waals surface area contributed by atoms with Crippen LogP contribution in [0.2, 0.25) is 0 Å². The summed E-state index contributed by atoms with van der Waals surface area (Å²) in [5.74, 6) is 0.498. The first-order chi connectivity index (χ1) is 13.2. The molecule has 0 spiro atoms. The van der Waals surface area contributed by atoms with Crippen LogP contribution in [0.25, 0.3) is 11.1 Å². The van der Waals surface area contributed by atoms with Crippen LogP contribution in [-0.2, 0) is 104 Å². The van der Waals surface area contributed by atoms with Gasteiger partial charge < -0.3 is 21.2 Å². The van der Waals surface area contributed by atoms with E-state index >= 15 is 0 Å².